The summed E-state index contributed by atoms with van der Waals surface area (Å²) in [7, 11) is 0. The van der Waals surface area contributed by atoms with Crippen LogP contribution >= 0.6 is 11.6 Å². The maximum Gasteiger partial charge on any atom is 0.407 e. The molecule has 2 aromatic rings. The number of aromatic nitrogens is 1. The lowest BCUT2D eigenvalue weighted by Gasteiger charge is -2.27. The summed E-state index contributed by atoms with van der Waals surface area (Å²) in [5.74, 6) is -1.57. The fraction of sp³-hybridized carbons (Fsp3) is 0.571. The normalized spacial score (nSPS) is 28.8. The van der Waals surface area contributed by atoms with Crippen LogP contribution < -0.4 is 20.1 Å². The van der Waals surface area contributed by atoms with Crippen LogP contribution in [0.4, 0.5) is 4.79 Å². The van der Waals surface area contributed by atoms with E-state index < -0.39 is 41.7 Å². The molecule has 5 atom stereocenters. The van der Waals surface area contributed by atoms with Crippen LogP contribution in [0.15, 0.2) is 36.4 Å². The molecule has 0 bridgehead atoms. The van der Waals surface area contributed by atoms with E-state index in [9.17, 15) is 24.3 Å². The SMILES string of the molecule is CCOc1cc(O[C@@H]2C[C@H]3C(=O)N[C@]4(C(=O)O)C[C@H]4/C=C\CCCC[C@H](NC(=O)OC4CCCC4)CC(=O)N3C2)c2cccc(Cl)c2n1. The molecule has 1 aromatic carbocycles. The number of halogens is 1. The quantitative estimate of drug-likeness (QED) is 0.336. The number of rotatable bonds is 7. The number of aliphatic carboxylic acids is 1. The van der Waals surface area contributed by atoms with Crippen LogP contribution in [-0.4, -0.2) is 81.8 Å². The van der Waals surface area contributed by atoms with Crippen LogP contribution in [0.3, 0.4) is 0 Å². The summed E-state index contributed by atoms with van der Waals surface area (Å²) in [6.45, 7) is 2.29. The number of pyridine rings is 1. The number of carboxylic acid groups (broad SMARTS) is 1. The third kappa shape index (κ3) is 7.48. The van der Waals surface area contributed by atoms with E-state index in [1.165, 1.54) is 4.90 Å². The van der Waals surface area contributed by atoms with Crippen molar-refractivity contribution in [3.8, 4) is 11.6 Å². The van der Waals surface area contributed by atoms with Crippen LogP contribution in [0.5, 0.6) is 11.6 Å². The average Bonchev–Trinajstić information content (AvgIpc) is 3.33. The zero-order chi connectivity index (χ0) is 33.8. The van der Waals surface area contributed by atoms with Crippen LogP contribution in [0.25, 0.3) is 10.9 Å². The number of carbonyl (C=O) groups excluding carboxylic acids is 3. The Hall–Kier alpha value is -4.06. The Labute approximate surface area is 284 Å². The number of fused-ring (bicyclic) bond motifs is 3. The van der Waals surface area contributed by atoms with Gasteiger partial charge in [-0.25, -0.2) is 14.6 Å². The molecule has 3 heterocycles. The van der Waals surface area contributed by atoms with Gasteiger partial charge >= 0.3 is 12.1 Å². The highest BCUT2D eigenvalue weighted by Gasteiger charge is 2.61. The number of carbonyl (C=O) groups is 4. The molecule has 2 aliphatic heterocycles. The van der Waals surface area contributed by atoms with E-state index in [-0.39, 0.29) is 43.7 Å². The van der Waals surface area contributed by atoms with Crippen LogP contribution in [-0.2, 0) is 19.1 Å². The summed E-state index contributed by atoms with van der Waals surface area (Å²) < 4.78 is 17.8. The Kier molecular flexibility index (Phi) is 10.3. The van der Waals surface area contributed by atoms with Gasteiger partial charge in [-0.05, 0) is 70.4 Å². The molecule has 1 aromatic heterocycles. The van der Waals surface area contributed by atoms with Crippen molar-refractivity contribution in [2.75, 3.05) is 13.2 Å². The molecule has 258 valence electrons. The largest absolute Gasteiger partial charge is 0.488 e. The molecule has 6 rings (SSSR count). The van der Waals surface area contributed by atoms with Crippen molar-refractivity contribution < 1.29 is 38.5 Å². The molecule has 0 unspecified atom stereocenters. The van der Waals surface area contributed by atoms with Crippen molar-refractivity contribution in [2.24, 2.45) is 5.92 Å². The summed E-state index contributed by atoms with van der Waals surface area (Å²) in [6, 6.07) is 5.51. The molecule has 0 radical (unpaired) electrons. The van der Waals surface area contributed by atoms with Gasteiger partial charge in [-0.2, -0.15) is 0 Å². The Bertz CT molecular complexity index is 1580. The Morgan fingerprint density at radius 3 is 2.71 bits per heavy atom. The standard InChI is InChI=1S/C35H43ClN4O8/c1-2-46-29-18-28(25-14-9-15-26(36)31(25)38-29)47-24-17-27-32(42)39-35(33(43)44)19-21(35)10-5-3-4-6-11-22(16-30(41)40(27)20-24)37-34(45)48-23-12-7-8-13-23/h5,9-10,14-15,18,21-24,27H,2-4,6-8,11-13,16-17,19-20H2,1H3,(H,37,45)(H,39,42)(H,43,44)/b10-5-/t21-,22+,24-,27+,35-/m1/s1. The van der Waals surface area contributed by atoms with E-state index in [1.54, 1.807) is 18.2 Å². The second kappa shape index (κ2) is 14.6. The van der Waals surface area contributed by atoms with E-state index in [2.05, 4.69) is 15.6 Å². The molecule has 13 heteroatoms. The minimum Gasteiger partial charge on any atom is -0.488 e. The maximum atomic E-state index is 14.0. The van der Waals surface area contributed by atoms with Crippen molar-refractivity contribution in [1.82, 2.24) is 20.5 Å². The molecule has 4 aliphatic rings. The molecule has 0 spiro atoms. The van der Waals surface area contributed by atoms with Gasteiger partial charge in [-0.1, -0.05) is 36.2 Å². The molecule has 2 saturated carbocycles. The van der Waals surface area contributed by atoms with Gasteiger partial charge in [0.05, 0.1) is 23.7 Å². The average molecular weight is 683 g/mol. The van der Waals surface area contributed by atoms with Gasteiger partial charge in [-0.15, -0.1) is 0 Å². The molecular weight excluding hydrogens is 640 g/mol. The number of ether oxygens (including phenoxy) is 3. The van der Waals surface area contributed by atoms with Crippen LogP contribution in [0.1, 0.15) is 77.6 Å². The molecule has 12 nitrogen and oxygen atoms in total. The second-order valence-corrected chi connectivity index (χ2v) is 13.6. The van der Waals surface area contributed by atoms with E-state index in [0.717, 1.165) is 44.9 Å². The molecule has 2 aliphatic carbocycles. The van der Waals surface area contributed by atoms with Gasteiger partial charge in [0.25, 0.3) is 0 Å². The number of allylic oxidation sites excluding steroid dienone is 1. The summed E-state index contributed by atoms with van der Waals surface area (Å²) in [6.07, 6.45) is 9.45. The first kappa shape index (κ1) is 33.8. The first-order valence-electron chi connectivity index (χ1n) is 17.0. The van der Waals surface area contributed by atoms with E-state index in [0.29, 0.717) is 40.6 Å². The number of para-hydroxylation sites is 1. The summed E-state index contributed by atoms with van der Waals surface area (Å²) in [4.78, 5) is 59.1. The van der Waals surface area contributed by atoms with E-state index >= 15 is 0 Å². The van der Waals surface area contributed by atoms with Gasteiger partial charge in [-0.3, -0.25) is 9.59 Å². The third-order valence-corrected chi connectivity index (χ3v) is 10.1. The number of hydrogen-bond acceptors (Lipinski definition) is 8. The van der Waals surface area contributed by atoms with Gasteiger partial charge in [0.2, 0.25) is 17.7 Å². The molecular formula is C35H43ClN4O8. The first-order chi connectivity index (χ1) is 23.2. The lowest BCUT2D eigenvalue weighted by Crippen LogP contribution is -2.53. The molecule has 48 heavy (non-hydrogen) atoms. The summed E-state index contributed by atoms with van der Waals surface area (Å²) in [5.41, 5.74) is -0.920. The predicted molar refractivity (Wildman–Crippen MR) is 177 cm³/mol. The molecule has 3 fully saturated rings. The van der Waals surface area contributed by atoms with Crippen molar-refractivity contribution in [3.63, 3.8) is 0 Å². The number of amides is 3. The Balaban J connectivity index is 1.26. The zero-order valence-electron chi connectivity index (χ0n) is 27.1. The number of nitrogens with zero attached hydrogens (tertiary/aromatic N) is 2. The van der Waals surface area contributed by atoms with Crippen LogP contribution in [0.2, 0.25) is 5.02 Å². The highest BCUT2D eigenvalue weighted by Crippen LogP contribution is 2.45. The highest BCUT2D eigenvalue weighted by atomic mass is 35.5. The minimum atomic E-state index is -1.42. The zero-order valence-corrected chi connectivity index (χ0v) is 27.9. The monoisotopic (exact) mass is 682 g/mol. The highest BCUT2D eigenvalue weighted by molar-refractivity contribution is 6.35. The Morgan fingerprint density at radius 2 is 1.94 bits per heavy atom. The number of hydrogen-bond donors (Lipinski definition) is 3. The van der Waals surface area contributed by atoms with Crippen molar-refractivity contribution in [3.05, 3.63) is 41.4 Å². The molecule has 3 amide bonds. The maximum absolute atomic E-state index is 14.0. The molecule has 3 N–H and O–H groups in total. The van der Waals surface area contributed by atoms with Crippen molar-refractivity contribution in [2.45, 2.75) is 107 Å². The minimum absolute atomic E-state index is 0.0406. The summed E-state index contributed by atoms with van der Waals surface area (Å²) >= 11 is 6.46. The van der Waals surface area contributed by atoms with Crippen molar-refractivity contribution >= 4 is 46.4 Å². The van der Waals surface area contributed by atoms with Gasteiger partial charge in [0.1, 0.15) is 29.5 Å². The first-order valence-corrected chi connectivity index (χ1v) is 17.4. The lowest BCUT2D eigenvalue weighted by atomic mass is 10.0. The number of alkyl carbamates (subject to hydrolysis) is 1. The second-order valence-electron chi connectivity index (χ2n) is 13.2. The smallest absolute Gasteiger partial charge is 0.407 e. The van der Waals surface area contributed by atoms with E-state index in [4.69, 9.17) is 25.8 Å². The fourth-order valence-corrected chi connectivity index (χ4v) is 7.37. The number of carboxylic acids is 1. The Morgan fingerprint density at radius 1 is 1.15 bits per heavy atom. The summed E-state index contributed by atoms with van der Waals surface area (Å²) in [5, 5.41) is 16.9. The van der Waals surface area contributed by atoms with Crippen LogP contribution in [0, 0.1) is 5.92 Å². The van der Waals surface area contributed by atoms with E-state index in [1.807, 2.05) is 25.1 Å². The number of benzene rings is 1. The van der Waals surface area contributed by atoms with Gasteiger partial charge < -0.3 is 34.9 Å². The molecule has 1 saturated heterocycles. The number of nitrogens with one attached hydrogen (secondary N) is 2. The van der Waals surface area contributed by atoms with Crippen molar-refractivity contribution in [1.29, 1.82) is 0 Å². The van der Waals surface area contributed by atoms with Gasteiger partial charge in [0.15, 0.2) is 0 Å². The third-order valence-electron chi connectivity index (χ3n) is 9.80. The van der Waals surface area contributed by atoms with Gasteiger partial charge in [0, 0.05) is 36.3 Å². The predicted octanol–water partition coefficient (Wildman–Crippen LogP) is 5.15. The topological polar surface area (TPSA) is 156 Å². The lowest BCUT2D eigenvalue weighted by molar-refractivity contribution is -0.145. The fourth-order valence-electron chi connectivity index (χ4n) is 7.16.